The van der Waals surface area contributed by atoms with Gasteiger partial charge in [-0.1, -0.05) is 25.7 Å². The van der Waals surface area contributed by atoms with Crippen molar-refractivity contribution in [3.05, 3.63) is 36.0 Å². The van der Waals surface area contributed by atoms with Crippen molar-refractivity contribution in [2.45, 2.75) is 45.4 Å². The van der Waals surface area contributed by atoms with Gasteiger partial charge in [0.1, 0.15) is 12.8 Å². The van der Waals surface area contributed by atoms with Crippen LogP contribution in [-0.4, -0.2) is 25.7 Å². The van der Waals surface area contributed by atoms with Crippen LogP contribution in [0.2, 0.25) is 25.7 Å². The fourth-order valence-electron chi connectivity index (χ4n) is 2.29. The third-order valence-corrected chi connectivity index (χ3v) is 5.46. The zero-order valence-corrected chi connectivity index (χ0v) is 14.8. The van der Waals surface area contributed by atoms with Crippen molar-refractivity contribution in [1.82, 2.24) is 4.57 Å². The number of carbonyl (C=O) groups is 1. The van der Waals surface area contributed by atoms with E-state index in [-0.39, 0.29) is 6.10 Å². The van der Waals surface area contributed by atoms with Gasteiger partial charge < -0.3 is 14.0 Å². The highest BCUT2D eigenvalue weighted by Crippen LogP contribution is 2.23. The highest BCUT2D eigenvalue weighted by molar-refractivity contribution is 6.76. The average Bonchev–Trinajstić information content (AvgIpc) is 2.85. The maximum absolute atomic E-state index is 10.4. The minimum atomic E-state index is -1.04. The van der Waals surface area contributed by atoms with Crippen LogP contribution in [0.5, 0.6) is 0 Å². The first-order valence-electron chi connectivity index (χ1n) is 7.66. The number of rotatable bonds is 8. The summed E-state index contributed by atoms with van der Waals surface area (Å²) in [5, 5.41) is 1.13. The monoisotopic (exact) mass is 319 g/mol. The summed E-state index contributed by atoms with van der Waals surface area (Å²) in [5.74, 6) is 0. The Bertz CT molecular complexity index is 630. The predicted octanol–water partition coefficient (Wildman–Crippen LogP) is 4.19. The highest BCUT2D eigenvalue weighted by atomic mass is 28.3. The smallest absolute Gasteiger partial charge is 0.293 e. The molecule has 0 fully saturated rings. The summed E-state index contributed by atoms with van der Waals surface area (Å²) in [6.07, 6.45) is 1.81. The van der Waals surface area contributed by atoms with Crippen LogP contribution in [0.15, 0.2) is 30.5 Å². The van der Waals surface area contributed by atoms with E-state index in [1.165, 1.54) is 6.04 Å². The van der Waals surface area contributed by atoms with Crippen LogP contribution >= 0.6 is 0 Å². The van der Waals surface area contributed by atoms with E-state index in [0.717, 1.165) is 23.1 Å². The normalized spacial score (nSPS) is 13.3. The summed E-state index contributed by atoms with van der Waals surface area (Å²) in [6, 6.07) is 9.35. The zero-order valence-electron chi connectivity index (χ0n) is 13.8. The molecule has 0 saturated heterocycles. The van der Waals surface area contributed by atoms with E-state index >= 15 is 0 Å². The van der Waals surface area contributed by atoms with Gasteiger partial charge in [0, 0.05) is 31.8 Å². The molecule has 0 aliphatic heterocycles. The van der Waals surface area contributed by atoms with E-state index in [9.17, 15) is 4.79 Å². The number of nitrogens with zero attached hydrogens (tertiary/aromatic N) is 1. The topological polar surface area (TPSA) is 40.5 Å². The number of benzene rings is 1. The van der Waals surface area contributed by atoms with Gasteiger partial charge in [0.25, 0.3) is 6.47 Å². The largest absolute Gasteiger partial charge is 0.460 e. The van der Waals surface area contributed by atoms with Gasteiger partial charge in [-0.05, 0) is 36.7 Å². The number of aromatic nitrogens is 1. The van der Waals surface area contributed by atoms with Gasteiger partial charge in [-0.3, -0.25) is 4.79 Å². The van der Waals surface area contributed by atoms with Gasteiger partial charge >= 0.3 is 0 Å². The maximum Gasteiger partial charge on any atom is 0.293 e. The van der Waals surface area contributed by atoms with Gasteiger partial charge in [0.15, 0.2) is 0 Å². The number of hydrogen-bond donors (Lipinski definition) is 0. The second-order valence-corrected chi connectivity index (χ2v) is 12.4. The first kappa shape index (κ1) is 16.8. The summed E-state index contributed by atoms with van der Waals surface area (Å²) in [7, 11) is -1.04. The predicted molar refractivity (Wildman–Crippen MR) is 91.6 cm³/mol. The molecule has 1 heterocycles. The van der Waals surface area contributed by atoms with Crippen molar-refractivity contribution in [2.75, 3.05) is 6.61 Å². The summed E-state index contributed by atoms with van der Waals surface area (Å²) >= 11 is 0. The number of fused-ring (bicyclic) bond motifs is 1. The minimum Gasteiger partial charge on any atom is -0.460 e. The molecule has 2 aromatic rings. The molecule has 0 aliphatic carbocycles. The number of carbonyl (C=O) groups excluding carboxylic acids is 1. The third-order valence-electron chi connectivity index (χ3n) is 3.75. The quantitative estimate of drug-likeness (QED) is 0.416. The number of ether oxygens (including phenoxy) is 2. The molecule has 0 amide bonds. The minimum absolute atomic E-state index is 0.224. The number of hydrogen-bond acceptors (Lipinski definition) is 3. The Labute approximate surface area is 133 Å². The Balaban J connectivity index is 2.02. The standard InChI is InChI=1S/C17H25NO3Si/c1-14(21-13-19)15-5-6-17-16(11-15)7-8-18(17)12-20-9-10-22(2,3)4/h5-8,11,13-14H,9-10,12H2,1-4H3. The van der Waals surface area contributed by atoms with Crippen molar-refractivity contribution in [2.24, 2.45) is 0 Å². The zero-order chi connectivity index (χ0) is 16.2. The van der Waals surface area contributed by atoms with Gasteiger partial charge in [0.05, 0.1) is 0 Å². The van der Waals surface area contributed by atoms with Gasteiger partial charge in [-0.15, -0.1) is 0 Å². The molecular weight excluding hydrogens is 294 g/mol. The summed E-state index contributed by atoms with van der Waals surface area (Å²) in [5.41, 5.74) is 2.13. The summed E-state index contributed by atoms with van der Waals surface area (Å²) in [4.78, 5) is 10.4. The van der Waals surface area contributed by atoms with Gasteiger partial charge in [0.2, 0.25) is 0 Å². The van der Waals surface area contributed by atoms with E-state index in [4.69, 9.17) is 9.47 Å². The van der Waals surface area contributed by atoms with E-state index in [0.29, 0.717) is 13.2 Å². The Morgan fingerprint density at radius 2 is 2.05 bits per heavy atom. The van der Waals surface area contributed by atoms with E-state index in [1.807, 2.05) is 19.2 Å². The second kappa shape index (κ2) is 7.11. The fraction of sp³-hybridized carbons (Fsp3) is 0.471. The maximum atomic E-state index is 10.4. The lowest BCUT2D eigenvalue weighted by Gasteiger charge is -2.16. The SMILES string of the molecule is CC(OC=O)c1ccc2c(ccn2COCC[Si](C)(C)C)c1. The lowest BCUT2D eigenvalue weighted by Crippen LogP contribution is -2.21. The van der Waals surface area contributed by atoms with Crippen LogP contribution in [-0.2, 0) is 21.0 Å². The molecule has 0 N–H and O–H groups in total. The van der Waals surface area contributed by atoms with Crippen molar-refractivity contribution in [3.63, 3.8) is 0 Å². The Hall–Kier alpha value is -1.59. The molecule has 0 spiro atoms. The summed E-state index contributed by atoms with van der Waals surface area (Å²) < 4.78 is 12.9. The molecule has 5 heteroatoms. The molecule has 1 aromatic carbocycles. The van der Waals surface area contributed by atoms with Gasteiger partial charge in [-0.25, -0.2) is 0 Å². The van der Waals surface area contributed by atoms with E-state index in [2.05, 4.69) is 42.4 Å². The van der Waals surface area contributed by atoms with Gasteiger partial charge in [-0.2, -0.15) is 0 Å². The molecule has 1 atom stereocenters. The third kappa shape index (κ3) is 4.45. The molecule has 0 radical (unpaired) electrons. The molecule has 1 unspecified atom stereocenters. The molecule has 120 valence electrons. The van der Waals surface area contributed by atoms with Crippen molar-refractivity contribution in [1.29, 1.82) is 0 Å². The van der Waals surface area contributed by atoms with Crippen LogP contribution < -0.4 is 0 Å². The molecular formula is C17H25NO3Si. The first-order valence-corrected chi connectivity index (χ1v) is 11.4. The lowest BCUT2D eigenvalue weighted by atomic mass is 10.1. The van der Waals surface area contributed by atoms with Crippen LogP contribution in [0.3, 0.4) is 0 Å². The fourth-order valence-corrected chi connectivity index (χ4v) is 3.04. The molecule has 4 nitrogen and oxygen atoms in total. The molecule has 0 aliphatic rings. The highest BCUT2D eigenvalue weighted by Gasteiger charge is 2.12. The van der Waals surface area contributed by atoms with Crippen molar-refractivity contribution < 1.29 is 14.3 Å². The van der Waals surface area contributed by atoms with Crippen molar-refractivity contribution >= 4 is 25.4 Å². The van der Waals surface area contributed by atoms with Crippen LogP contribution in [0, 0.1) is 0 Å². The van der Waals surface area contributed by atoms with Crippen LogP contribution in [0.1, 0.15) is 18.6 Å². The second-order valence-electron chi connectivity index (χ2n) is 6.83. The molecule has 0 bridgehead atoms. The first-order chi connectivity index (χ1) is 10.4. The summed E-state index contributed by atoms with van der Waals surface area (Å²) in [6.45, 7) is 10.8. The molecule has 2 rings (SSSR count). The molecule has 0 saturated carbocycles. The van der Waals surface area contributed by atoms with E-state index in [1.54, 1.807) is 0 Å². The lowest BCUT2D eigenvalue weighted by molar-refractivity contribution is -0.133. The Morgan fingerprint density at radius 1 is 1.27 bits per heavy atom. The van der Waals surface area contributed by atoms with Crippen LogP contribution in [0.25, 0.3) is 10.9 Å². The molecule has 1 aromatic heterocycles. The Morgan fingerprint density at radius 3 is 2.73 bits per heavy atom. The Kier molecular flexibility index (Phi) is 5.42. The average molecular weight is 319 g/mol. The molecule has 22 heavy (non-hydrogen) atoms. The van der Waals surface area contributed by atoms with Crippen LogP contribution in [0.4, 0.5) is 0 Å². The van der Waals surface area contributed by atoms with E-state index < -0.39 is 8.07 Å². The van der Waals surface area contributed by atoms with Crippen molar-refractivity contribution in [3.8, 4) is 0 Å².